The molecule has 0 aromatic heterocycles. The van der Waals surface area contributed by atoms with E-state index in [0.29, 0.717) is 0 Å². The number of aliphatic hydroxyl groups is 1. The van der Waals surface area contributed by atoms with Gasteiger partial charge in [-0.25, -0.2) is 0 Å². The molecule has 0 rings (SSSR count). The zero-order chi connectivity index (χ0) is 15.8. The Morgan fingerprint density at radius 2 is 1.22 bits per heavy atom. The van der Waals surface area contributed by atoms with Crippen molar-refractivity contribution < 1.29 is 71.9 Å². The Morgan fingerprint density at radius 3 is 1.65 bits per heavy atom. The number of carboxylic acid groups (broad SMARTS) is 1. The van der Waals surface area contributed by atoms with Crippen LogP contribution in [0.15, 0.2) is 0 Å². The third-order valence-electron chi connectivity index (χ3n) is 4.06. The van der Waals surface area contributed by atoms with Crippen molar-refractivity contribution in [1.82, 2.24) is 0 Å². The fraction of sp³-hybridized carbons (Fsp3) is 0.944. The second kappa shape index (κ2) is 23.0. The molecule has 0 aromatic rings. The smallest absolute Gasteiger partial charge is 0.550 e. The van der Waals surface area contributed by atoms with Crippen LogP contribution >= 0.6 is 0 Å². The molecule has 0 spiro atoms. The van der Waals surface area contributed by atoms with Gasteiger partial charge in [0.1, 0.15) is 0 Å². The minimum Gasteiger partial charge on any atom is -0.550 e. The number of hydrogen-bond donors (Lipinski definition) is 1. The van der Waals surface area contributed by atoms with Crippen molar-refractivity contribution in [3.63, 3.8) is 0 Å². The van der Waals surface area contributed by atoms with Gasteiger partial charge >= 0.3 is 51.4 Å². The van der Waals surface area contributed by atoms with E-state index in [1.807, 2.05) is 0 Å². The van der Waals surface area contributed by atoms with Gasteiger partial charge in [0.05, 0.1) is 6.10 Å². The van der Waals surface area contributed by atoms with E-state index in [9.17, 15) is 15.0 Å². The predicted molar refractivity (Wildman–Crippen MR) is 89.6 cm³/mol. The minimum atomic E-state index is -0.928. The Labute approximate surface area is 185 Å². The summed E-state index contributed by atoms with van der Waals surface area (Å²) in [5.74, 6) is -0.928. The number of hydrogen-bond acceptors (Lipinski definition) is 3. The van der Waals surface area contributed by atoms with Crippen molar-refractivity contribution in [2.45, 2.75) is 109 Å². The zero-order valence-corrected chi connectivity index (χ0v) is 18.6. The maximum Gasteiger partial charge on any atom is 1.00 e. The molecule has 0 radical (unpaired) electrons. The topological polar surface area (TPSA) is 91.9 Å². The summed E-state index contributed by atoms with van der Waals surface area (Å²) in [6, 6.07) is 0. The van der Waals surface area contributed by atoms with Gasteiger partial charge < -0.3 is 20.5 Å². The van der Waals surface area contributed by atoms with Crippen LogP contribution in [0.5, 0.6) is 0 Å². The molecular formula is C18H37KO4. The number of unbranched alkanes of at least 4 members (excludes halogenated alkanes) is 10. The molecule has 0 amide bonds. The van der Waals surface area contributed by atoms with Gasteiger partial charge in [0.25, 0.3) is 0 Å². The molecule has 134 valence electrons. The second-order valence-electron chi connectivity index (χ2n) is 6.24. The van der Waals surface area contributed by atoms with Gasteiger partial charge in [-0.3, -0.25) is 0 Å². The third kappa shape index (κ3) is 25.4. The summed E-state index contributed by atoms with van der Waals surface area (Å²) in [6.45, 7) is 2.21. The monoisotopic (exact) mass is 356 g/mol. The summed E-state index contributed by atoms with van der Waals surface area (Å²) in [4.78, 5) is 10.2. The first-order chi connectivity index (χ1) is 10.2. The minimum absolute atomic E-state index is 0. The van der Waals surface area contributed by atoms with Crippen LogP contribution < -0.4 is 56.5 Å². The van der Waals surface area contributed by atoms with E-state index in [-0.39, 0.29) is 69.4 Å². The maximum absolute atomic E-state index is 10.2. The largest absolute Gasteiger partial charge is 1.00 e. The molecule has 0 saturated carbocycles. The van der Waals surface area contributed by atoms with Gasteiger partial charge in [-0.05, 0) is 25.7 Å². The summed E-state index contributed by atoms with van der Waals surface area (Å²) in [7, 11) is 0. The number of aliphatic carboxylic acids is 1. The van der Waals surface area contributed by atoms with Crippen molar-refractivity contribution in [1.29, 1.82) is 0 Å². The standard InChI is InChI=1S/C18H36O3.K.H2O/c1-2-3-4-11-14-17(19)15-12-9-7-5-6-8-10-13-16-18(20)21;;/h17,19H,2-16H2,1H3,(H,20,21);;1H2/q;+1;/p-1. The first kappa shape index (κ1) is 28.8. The van der Waals surface area contributed by atoms with Crippen LogP contribution in [-0.2, 0) is 4.79 Å². The van der Waals surface area contributed by atoms with Crippen molar-refractivity contribution in [3.05, 3.63) is 0 Å². The fourth-order valence-corrected chi connectivity index (χ4v) is 2.66. The van der Waals surface area contributed by atoms with Gasteiger partial charge in [0.2, 0.25) is 0 Å². The number of carbonyl (C=O) groups excluding carboxylic acids is 1. The summed E-state index contributed by atoms with van der Waals surface area (Å²) in [6.07, 6.45) is 15.9. The molecule has 0 aromatic carbocycles. The van der Waals surface area contributed by atoms with E-state index >= 15 is 0 Å². The van der Waals surface area contributed by atoms with Crippen molar-refractivity contribution >= 4 is 5.97 Å². The Morgan fingerprint density at radius 1 is 0.826 bits per heavy atom. The molecule has 1 unspecified atom stereocenters. The summed E-state index contributed by atoms with van der Waals surface area (Å²) in [5.41, 5.74) is 0. The van der Waals surface area contributed by atoms with Crippen LogP contribution in [0.3, 0.4) is 0 Å². The molecule has 3 N–H and O–H groups in total. The number of carbonyl (C=O) groups is 1. The average Bonchev–Trinajstić information content (AvgIpc) is 2.45. The Bertz CT molecular complexity index is 237. The summed E-state index contributed by atoms with van der Waals surface area (Å²) in [5, 5.41) is 20.1. The molecule has 0 bridgehead atoms. The van der Waals surface area contributed by atoms with Crippen LogP contribution in [0.25, 0.3) is 0 Å². The number of aliphatic hydroxyl groups excluding tert-OH is 1. The van der Waals surface area contributed by atoms with Crippen molar-refractivity contribution in [3.8, 4) is 0 Å². The molecule has 0 heterocycles. The molecule has 0 saturated heterocycles. The van der Waals surface area contributed by atoms with E-state index in [1.165, 1.54) is 51.4 Å². The van der Waals surface area contributed by atoms with Gasteiger partial charge in [0.15, 0.2) is 0 Å². The SMILES string of the molecule is CCCCCCC(O)CCCCCCCCCCC(=O)[O-].O.[K+]. The van der Waals surface area contributed by atoms with Crippen molar-refractivity contribution in [2.24, 2.45) is 0 Å². The average molecular weight is 357 g/mol. The van der Waals surface area contributed by atoms with E-state index in [1.54, 1.807) is 0 Å². The Hall–Kier alpha value is 1.03. The van der Waals surface area contributed by atoms with Gasteiger partial charge in [-0.2, -0.15) is 0 Å². The molecule has 5 heteroatoms. The van der Waals surface area contributed by atoms with Crippen LogP contribution in [0.1, 0.15) is 103 Å². The van der Waals surface area contributed by atoms with E-state index in [0.717, 1.165) is 38.5 Å². The summed E-state index contributed by atoms with van der Waals surface area (Å²) >= 11 is 0. The van der Waals surface area contributed by atoms with Gasteiger partial charge in [-0.15, -0.1) is 0 Å². The maximum atomic E-state index is 10.2. The Kier molecular flexibility index (Phi) is 28.8. The predicted octanol–water partition coefficient (Wildman–Crippen LogP) is 0.148. The van der Waals surface area contributed by atoms with Crippen LogP contribution in [0.2, 0.25) is 0 Å². The molecule has 1 atom stereocenters. The first-order valence-corrected chi connectivity index (χ1v) is 9.04. The Balaban J connectivity index is -0.00000200. The first-order valence-electron chi connectivity index (χ1n) is 9.04. The normalized spacial score (nSPS) is 11.4. The van der Waals surface area contributed by atoms with E-state index in [2.05, 4.69) is 6.92 Å². The quantitative estimate of drug-likeness (QED) is 0.315. The number of rotatable bonds is 16. The van der Waals surface area contributed by atoms with Gasteiger partial charge in [0, 0.05) is 5.97 Å². The van der Waals surface area contributed by atoms with Crippen LogP contribution in [-0.4, -0.2) is 22.7 Å². The number of carboxylic acids is 1. The van der Waals surface area contributed by atoms with E-state index < -0.39 is 5.97 Å². The van der Waals surface area contributed by atoms with Crippen LogP contribution in [0, 0.1) is 0 Å². The molecule has 0 aliphatic rings. The van der Waals surface area contributed by atoms with Crippen LogP contribution in [0.4, 0.5) is 0 Å². The molecule has 0 aliphatic carbocycles. The molecule has 0 fully saturated rings. The zero-order valence-electron chi connectivity index (χ0n) is 15.4. The second-order valence-corrected chi connectivity index (χ2v) is 6.24. The van der Waals surface area contributed by atoms with E-state index in [4.69, 9.17) is 0 Å². The summed E-state index contributed by atoms with van der Waals surface area (Å²) < 4.78 is 0. The third-order valence-corrected chi connectivity index (χ3v) is 4.06. The molecule has 23 heavy (non-hydrogen) atoms. The molecular weight excluding hydrogens is 319 g/mol. The molecule has 0 aliphatic heterocycles. The van der Waals surface area contributed by atoms with Gasteiger partial charge in [-0.1, -0.05) is 77.6 Å². The fourth-order valence-electron chi connectivity index (χ4n) is 2.66. The van der Waals surface area contributed by atoms with Crippen molar-refractivity contribution in [2.75, 3.05) is 0 Å². The molecule has 4 nitrogen and oxygen atoms in total.